The maximum Gasteiger partial charge on any atom is 0.251 e. The maximum absolute atomic E-state index is 11.7. The van der Waals surface area contributed by atoms with Crippen molar-refractivity contribution in [3.63, 3.8) is 0 Å². The highest BCUT2D eigenvalue weighted by Gasteiger charge is 2.06. The fourth-order valence-electron chi connectivity index (χ4n) is 1.36. The number of amides is 1. The van der Waals surface area contributed by atoms with E-state index in [-0.39, 0.29) is 5.91 Å². The molecule has 0 unspecified atom stereocenters. The quantitative estimate of drug-likeness (QED) is 0.714. The van der Waals surface area contributed by atoms with Crippen molar-refractivity contribution in [3.05, 3.63) is 35.4 Å². The average Bonchev–Trinajstić information content (AvgIpc) is 2.25. The molecule has 0 bridgehead atoms. The maximum atomic E-state index is 11.7. The van der Waals surface area contributed by atoms with E-state index in [0.717, 1.165) is 24.2 Å². The largest absolute Gasteiger partial charge is 0.351 e. The molecule has 0 aliphatic rings. The van der Waals surface area contributed by atoms with Crippen molar-refractivity contribution in [1.82, 2.24) is 10.6 Å². The molecule has 3 nitrogen and oxygen atoms in total. The van der Waals surface area contributed by atoms with Crippen LogP contribution in [0.25, 0.3) is 0 Å². The highest BCUT2D eigenvalue weighted by Crippen LogP contribution is 2.05. The van der Waals surface area contributed by atoms with E-state index in [4.69, 9.17) is 0 Å². The molecule has 2 N–H and O–H groups in total. The van der Waals surface area contributed by atoms with Crippen LogP contribution in [0.15, 0.2) is 24.3 Å². The molecule has 1 aromatic carbocycles. The number of likely N-dealkylation sites (N-methyl/N-ethyl adjacent to an activating group) is 1. The van der Waals surface area contributed by atoms with Gasteiger partial charge in [-0.2, -0.15) is 0 Å². The van der Waals surface area contributed by atoms with Crippen LogP contribution in [0.5, 0.6) is 0 Å². The molecule has 0 spiro atoms. The van der Waals surface area contributed by atoms with Crippen LogP contribution in [-0.2, 0) is 0 Å². The molecule has 0 heterocycles. The summed E-state index contributed by atoms with van der Waals surface area (Å²) < 4.78 is 0. The predicted molar refractivity (Wildman–Crippen MR) is 62.1 cm³/mol. The summed E-state index contributed by atoms with van der Waals surface area (Å²) in [5, 5.41) is 6.03. The van der Waals surface area contributed by atoms with Gasteiger partial charge in [0, 0.05) is 18.7 Å². The Balaban J connectivity index is 2.44. The first-order chi connectivity index (χ1) is 7.25. The van der Waals surface area contributed by atoms with Crippen LogP contribution in [0.1, 0.15) is 22.8 Å². The highest BCUT2D eigenvalue weighted by molar-refractivity contribution is 5.95. The summed E-state index contributed by atoms with van der Waals surface area (Å²) in [7, 11) is 0. The van der Waals surface area contributed by atoms with Gasteiger partial charge in [-0.1, -0.05) is 25.1 Å². The number of hydrogen-bond donors (Lipinski definition) is 2. The van der Waals surface area contributed by atoms with Crippen LogP contribution in [-0.4, -0.2) is 25.5 Å². The molecule has 0 fully saturated rings. The zero-order valence-corrected chi connectivity index (χ0v) is 9.34. The van der Waals surface area contributed by atoms with Gasteiger partial charge in [0.15, 0.2) is 0 Å². The number of aryl methyl sites for hydroxylation is 1. The van der Waals surface area contributed by atoms with Crippen molar-refractivity contribution >= 4 is 5.91 Å². The molecule has 0 radical (unpaired) electrons. The zero-order chi connectivity index (χ0) is 11.1. The molecule has 0 aliphatic heterocycles. The van der Waals surface area contributed by atoms with Crippen molar-refractivity contribution in [2.45, 2.75) is 13.8 Å². The van der Waals surface area contributed by atoms with Crippen molar-refractivity contribution in [3.8, 4) is 0 Å². The lowest BCUT2D eigenvalue weighted by molar-refractivity contribution is 0.0953. The lowest BCUT2D eigenvalue weighted by atomic mass is 10.1. The van der Waals surface area contributed by atoms with Gasteiger partial charge in [-0.25, -0.2) is 0 Å². The lowest BCUT2D eigenvalue weighted by Crippen LogP contribution is -2.32. The van der Waals surface area contributed by atoms with Gasteiger partial charge in [-0.05, 0) is 25.1 Å². The van der Waals surface area contributed by atoms with Gasteiger partial charge in [0.1, 0.15) is 0 Å². The molecule has 1 amide bonds. The second kappa shape index (κ2) is 6.19. The first-order valence-electron chi connectivity index (χ1n) is 5.30. The van der Waals surface area contributed by atoms with Crippen LogP contribution in [0.2, 0.25) is 0 Å². The lowest BCUT2D eigenvalue weighted by Gasteiger charge is -2.07. The van der Waals surface area contributed by atoms with Crippen LogP contribution < -0.4 is 10.6 Å². The molecule has 0 atom stereocenters. The Morgan fingerprint density at radius 1 is 1.27 bits per heavy atom. The molecule has 1 rings (SSSR count). The summed E-state index contributed by atoms with van der Waals surface area (Å²) in [4.78, 5) is 11.7. The Morgan fingerprint density at radius 3 is 2.67 bits per heavy atom. The van der Waals surface area contributed by atoms with E-state index >= 15 is 0 Å². The van der Waals surface area contributed by atoms with Crippen molar-refractivity contribution in [1.29, 1.82) is 0 Å². The number of hydrogen-bond acceptors (Lipinski definition) is 2. The smallest absolute Gasteiger partial charge is 0.251 e. The average molecular weight is 206 g/mol. The van der Waals surface area contributed by atoms with Gasteiger partial charge in [-0.15, -0.1) is 0 Å². The van der Waals surface area contributed by atoms with E-state index < -0.39 is 0 Å². The summed E-state index contributed by atoms with van der Waals surface area (Å²) >= 11 is 0. The second-order valence-electron chi connectivity index (χ2n) is 3.42. The van der Waals surface area contributed by atoms with E-state index in [0.29, 0.717) is 6.54 Å². The van der Waals surface area contributed by atoms with Gasteiger partial charge in [0.05, 0.1) is 0 Å². The molecule has 0 aromatic heterocycles. The summed E-state index contributed by atoms with van der Waals surface area (Å²) in [5.74, 6) is 0.00556. The van der Waals surface area contributed by atoms with Gasteiger partial charge in [0.25, 0.3) is 5.91 Å². The number of benzene rings is 1. The number of nitrogens with one attached hydrogen (secondary N) is 2. The van der Waals surface area contributed by atoms with Crippen LogP contribution in [0, 0.1) is 6.92 Å². The Kier molecular flexibility index (Phi) is 4.84. The van der Waals surface area contributed by atoms with E-state index in [1.807, 2.05) is 38.1 Å². The Bertz CT molecular complexity index is 323. The minimum Gasteiger partial charge on any atom is -0.351 e. The van der Waals surface area contributed by atoms with Crippen LogP contribution in [0.3, 0.4) is 0 Å². The Labute approximate surface area is 90.9 Å². The molecule has 0 aliphatic carbocycles. The third kappa shape index (κ3) is 3.72. The van der Waals surface area contributed by atoms with E-state index in [1.54, 1.807) is 0 Å². The second-order valence-corrected chi connectivity index (χ2v) is 3.42. The minimum atomic E-state index is 0.00556. The molecule has 0 saturated heterocycles. The SMILES string of the molecule is CCNCCNC(=O)c1ccccc1C. The molecule has 82 valence electrons. The Morgan fingerprint density at radius 2 is 2.00 bits per heavy atom. The Hall–Kier alpha value is -1.35. The van der Waals surface area contributed by atoms with Crippen molar-refractivity contribution < 1.29 is 4.79 Å². The monoisotopic (exact) mass is 206 g/mol. The van der Waals surface area contributed by atoms with Gasteiger partial charge in [-0.3, -0.25) is 4.79 Å². The van der Waals surface area contributed by atoms with Crippen molar-refractivity contribution in [2.24, 2.45) is 0 Å². The molecule has 15 heavy (non-hydrogen) atoms. The fraction of sp³-hybridized carbons (Fsp3) is 0.417. The first kappa shape index (κ1) is 11.7. The topological polar surface area (TPSA) is 41.1 Å². The van der Waals surface area contributed by atoms with Crippen LogP contribution in [0.4, 0.5) is 0 Å². The minimum absolute atomic E-state index is 0.00556. The van der Waals surface area contributed by atoms with Gasteiger partial charge < -0.3 is 10.6 Å². The third-order valence-corrected chi connectivity index (χ3v) is 2.23. The number of carbonyl (C=O) groups excluding carboxylic acids is 1. The normalized spacial score (nSPS) is 10.0. The summed E-state index contributed by atoms with van der Waals surface area (Å²) in [6, 6.07) is 7.61. The number of rotatable bonds is 5. The molecular formula is C12H18N2O. The van der Waals surface area contributed by atoms with Gasteiger partial charge in [0.2, 0.25) is 0 Å². The molecule has 0 saturated carbocycles. The summed E-state index contributed by atoms with van der Waals surface area (Å²) in [6.07, 6.45) is 0. The molecular weight excluding hydrogens is 188 g/mol. The van der Waals surface area contributed by atoms with E-state index in [2.05, 4.69) is 10.6 Å². The van der Waals surface area contributed by atoms with Gasteiger partial charge >= 0.3 is 0 Å². The summed E-state index contributed by atoms with van der Waals surface area (Å²) in [5.41, 5.74) is 1.77. The number of carbonyl (C=O) groups is 1. The zero-order valence-electron chi connectivity index (χ0n) is 9.34. The van der Waals surface area contributed by atoms with E-state index in [1.165, 1.54) is 0 Å². The standard InChI is InChI=1S/C12H18N2O/c1-3-13-8-9-14-12(15)11-7-5-4-6-10(11)2/h4-7,13H,3,8-9H2,1-2H3,(H,14,15). The third-order valence-electron chi connectivity index (χ3n) is 2.23. The highest BCUT2D eigenvalue weighted by atomic mass is 16.1. The van der Waals surface area contributed by atoms with Crippen LogP contribution >= 0.6 is 0 Å². The van der Waals surface area contributed by atoms with Crippen molar-refractivity contribution in [2.75, 3.05) is 19.6 Å². The molecule has 3 heteroatoms. The fourth-order valence-corrected chi connectivity index (χ4v) is 1.36. The summed E-state index contributed by atoms with van der Waals surface area (Å²) in [6.45, 7) is 6.40. The van der Waals surface area contributed by atoms with E-state index in [9.17, 15) is 4.79 Å². The first-order valence-corrected chi connectivity index (χ1v) is 5.30. The predicted octanol–water partition coefficient (Wildman–Crippen LogP) is 1.33. The molecule has 1 aromatic rings.